The Kier molecular flexibility index (Phi) is 5.18. The van der Waals surface area contributed by atoms with E-state index in [-0.39, 0.29) is 0 Å². The van der Waals surface area contributed by atoms with E-state index in [0.29, 0.717) is 5.92 Å². The van der Waals surface area contributed by atoms with Gasteiger partial charge in [-0.15, -0.1) is 0 Å². The van der Waals surface area contributed by atoms with Gasteiger partial charge in [0.25, 0.3) is 0 Å². The molecule has 20 heavy (non-hydrogen) atoms. The molecule has 0 aliphatic heterocycles. The maximum Gasteiger partial charge on any atom is 0.159 e. The summed E-state index contributed by atoms with van der Waals surface area (Å²) >= 11 is 0. The summed E-state index contributed by atoms with van der Waals surface area (Å²) in [5.74, 6) is 1.29. The fourth-order valence-corrected chi connectivity index (χ4v) is 2.56. The number of hydrogen-bond donors (Lipinski definition) is 1. The van der Waals surface area contributed by atoms with Crippen LogP contribution in [0, 0.1) is 0 Å². The van der Waals surface area contributed by atoms with Gasteiger partial charge >= 0.3 is 0 Å². The maximum absolute atomic E-state index is 5.44. The van der Waals surface area contributed by atoms with Crippen molar-refractivity contribution in [2.45, 2.75) is 25.8 Å². The predicted octanol–water partition coefficient (Wildman–Crippen LogP) is 2.46. The highest BCUT2D eigenvalue weighted by Crippen LogP contribution is 2.26. The lowest BCUT2D eigenvalue weighted by Crippen LogP contribution is -2.20. The van der Waals surface area contributed by atoms with Crippen LogP contribution in [0.1, 0.15) is 24.1 Å². The molecule has 0 aliphatic carbocycles. The molecule has 1 aromatic heterocycles. The summed E-state index contributed by atoms with van der Waals surface area (Å²) in [4.78, 5) is 0. The Morgan fingerprint density at radius 2 is 2.05 bits per heavy atom. The lowest BCUT2D eigenvalue weighted by Gasteiger charge is -2.18. The number of nitrogens with one attached hydrogen (secondary N) is 1. The van der Waals surface area contributed by atoms with E-state index in [0.717, 1.165) is 25.3 Å². The van der Waals surface area contributed by atoms with E-state index in [1.54, 1.807) is 13.3 Å². The van der Waals surface area contributed by atoms with Crippen LogP contribution < -0.4 is 10.1 Å². The van der Waals surface area contributed by atoms with Crippen LogP contribution in [0.2, 0.25) is 0 Å². The van der Waals surface area contributed by atoms with Gasteiger partial charge in [-0.05, 0) is 19.5 Å². The molecule has 0 aliphatic rings. The average molecular weight is 273 g/mol. The van der Waals surface area contributed by atoms with Gasteiger partial charge in [-0.25, -0.2) is 0 Å². The molecule has 0 saturated carbocycles. The highest BCUT2D eigenvalue weighted by Gasteiger charge is 2.18. The van der Waals surface area contributed by atoms with Crippen molar-refractivity contribution in [1.82, 2.24) is 15.1 Å². The standard InChI is InChI=1S/C16H23N3O/c1-4-19-15(16(20-3)12-18-19)10-14(11-17-2)13-8-6-5-7-9-13/h5-9,12,14,17H,4,10-11H2,1-3H3. The molecule has 0 spiro atoms. The van der Waals surface area contributed by atoms with Gasteiger partial charge in [0.15, 0.2) is 5.75 Å². The van der Waals surface area contributed by atoms with Gasteiger partial charge in [-0.2, -0.15) is 5.10 Å². The number of aryl methyl sites for hydroxylation is 1. The zero-order valence-electron chi connectivity index (χ0n) is 12.5. The van der Waals surface area contributed by atoms with Crippen LogP contribution in [0.3, 0.4) is 0 Å². The topological polar surface area (TPSA) is 39.1 Å². The molecule has 0 radical (unpaired) electrons. The van der Waals surface area contributed by atoms with Crippen LogP contribution in [-0.2, 0) is 13.0 Å². The van der Waals surface area contributed by atoms with Gasteiger partial charge < -0.3 is 10.1 Å². The molecule has 1 atom stereocenters. The molecule has 0 amide bonds. The number of likely N-dealkylation sites (N-methyl/N-ethyl adjacent to an activating group) is 1. The Hall–Kier alpha value is -1.81. The first-order valence-electron chi connectivity index (χ1n) is 7.08. The van der Waals surface area contributed by atoms with E-state index in [9.17, 15) is 0 Å². The molecule has 0 fully saturated rings. The van der Waals surface area contributed by atoms with Crippen molar-refractivity contribution in [3.05, 3.63) is 47.8 Å². The number of ether oxygens (including phenoxy) is 1. The van der Waals surface area contributed by atoms with Crippen LogP contribution in [0.15, 0.2) is 36.5 Å². The van der Waals surface area contributed by atoms with Gasteiger partial charge in [0.1, 0.15) is 0 Å². The molecule has 1 heterocycles. The summed E-state index contributed by atoms with van der Waals surface area (Å²) in [5, 5.41) is 7.67. The maximum atomic E-state index is 5.44. The Morgan fingerprint density at radius 1 is 1.30 bits per heavy atom. The third-order valence-corrected chi connectivity index (χ3v) is 3.59. The van der Waals surface area contributed by atoms with Crippen molar-refractivity contribution >= 4 is 0 Å². The highest BCUT2D eigenvalue weighted by atomic mass is 16.5. The summed E-state index contributed by atoms with van der Waals surface area (Å²) < 4.78 is 7.46. The molecule has 1 N–H and O–H groups in total. The van der Waals surface area contributed by atoms with E-state index < -0.39 is 0 Å². The van der Waals surface area contributed by atoms with Gasteiger partial charge in [-0.1, -0.05) is 30.3 Å². The van der Waals surface area contributed by atoms with Crippen molar-refractivity contribution in [2.24, 2.45) is 0 Å². The molecular weight excluding hydrogens is 250 g/mol. The number of aromatic nitrogens is 2. The normalized spacial score (nSPS) is 12.3. The Labute approximate surface area is 120 Å². The first-order valence-corrected chi connectivity index (χ1v) is 7.08. The van der Waals surface area contributed by atoms with Crippen molar-refractivity contribution in [3.63, 3.8) is 0 Å². The quantitative estimate of drug-likeness (QED) is 0.842. The Bertz CT molecular complexity index is 500. The minimum absolute atomic E-state index is 0.414. The molecule has 4 nitrogen and oxygen atoms in total. The summed E-state index contributed by atoms with van der Waals surface area (Å²) in [6.07, 6.45) is 2.72. The van der Waals surface area contributed by atoms with E-state index in [1.807, 2.05) is 11.7 Å². The van der Waals surface area contributed by atoms with Gasteiger partial charge in [0.2, 0.25) is 0 Å². The summed E-state index contributed by atoms with van der Waals surface area (Å²) in [6.45, 7) is 3.90. The second kappa shape index (κ2) is 7.10. The summed E-state index contributed by atoms with van der Waals surface area (Å²) in [7, 11) is 3.69. The number of nitrogens with zero attached hydrogens (tertiary/aromatic N) is 2. The monoisotopic (exact) mass is 273 g/mol. The smallest absolute Gasteiger partial charge is 0.159 e. The van der Waals surface area contributed by atoms with E-state index in [4.69, 9.17) is 4.74 Å². The van der Waals surface area contributed by atoms with Crippen molar-refractivity contribution in [3.8, 4) is 5.75 Å². The molecular formula is C16H23N3O. The second-order valence-corrected chi connectivity index (χ2v) is 4.84. The number of methoxy groups -OCH3 is 1. The molecule has 4 heteroatoms. The third-order valence-electron chi connectivity index (χ3n) is 3.59. The number of benzene rings is 1. The van der Waals surface area contributed by atoms with Crippen LogP contribution in [-0.4, -0.2) is 30.5 Å². The average Bonchev–Trinajstić information content (AvgIpc) is 2.89. The predicted molar refractivity (Wildman–Crippen MR) is 81.3 cm³/mol. The minimum atomic E-state index is 0.414. The minimum Gasteiger partial charge on any atom is -0.493 e. The first kappa shape index (κ1) is 14.6. The SMILES string of the molecule is CCn1ncc(OC)c1CC(CNC)c1ccccc1. The molecule has 2 rings (SSSR count). The second-order valence-electron chi connectivity index (χ2n) is 4.84. The Morgan fingerprint density at radius 3 is 2.65 bits per heavy atom. The highest BCUT2D eigenvalue weighted by molar-refractivity contribution is 5.29. The largest absolute Gasteiger partial charge is 0.493 e. The van der Waals surface area contributed by atoms with Crippen molar-refractivity contribution in [1.29, 1.82) is 0 Å². The van der Waals surface area contributed by atoms with E-state index >= 15 is 0 Å². The summed E-state index contributed by atoms with van der Waals surface area (Å²) in [6, 6.07) is 10.6. The number of hydrogen-bond acceptors (Lipinski definition) is 3. The van der Waals surface area contributed by atoms with Crippen LogP contribution >= 0.6 is 0 Å². The number of rotatable bonds is 7. The lowest BCUT2D eigenvalue weighted by atomic mass is 9.94. The fourth-order valence-electron chi connectivity index (χ4n) is 2.56. The van der Waals surface area contributed by atoms with Crippen molar-refractivity contribution in [2.75, 3.05) is 20.7 Å². The lowest BCUT2D eigenvalue weighted by molar-refractivity contribution is 0.404. The molecule has 2 aromatic rings. The molecule has 0 bridgehead atoms. The first-order chi connectivity index (χ1) is 9.80. The van der Waals surface area contributed by atoms with Crippen LogP contribution in [0.25, 0.3) is 0 Å². The van der Waals surface area contributed by atoms with Crippen LogP contribution in [0.4, 0.5) is 0 Å². The van der Waals surface area contributed by atoms with Crippen LogP contribution in [0.5, 0.6) is 5.75 Å². The zero-order chi connectivity index (χ0) is 14.4. The van der Waals surface area contributed by atoms with E-state index in [2.05, 4.69) is 47.7 Å². The fraction of sp³-hybridized carbons (Fsp3) is 0.438. The van der Waals surface area contributed by atoms with Gasteiger partial charge in [0.05, 0.1) is 19.0 Å². The third kappa shape index (κ3) is 3.20. The summed E-state index contributed by atoms with van der Waals surface area (Å²) in [5.41, 5.74) is 2.51. The van der Waals surface area contributed by atoms with Crippen molar-refractivity contribution < 1.29 is 4.74 Å². The molecule has 108 valence electrons. The molecule has 1 aromatic carbocycles. The zero-order valence-corrected chi connectivity index (χ0v) is 12.5. The van der Waals surface area contributed by atoms with Gasteiger partial charge in [0, 0.05) is 25.4 Å². The molecule has 0 saturated heterocycles. The molecule has 1 unspecified atom stereocenters. The van der Waals surface area contributed by atoms with E-state index in [1.165, 1.54) is 11.3 Å². The van der Waals surface area contributed by atoms with Gasteiger partial charge in [-0.3, -0.25) is 4.68 Å². The Balaban J connectivity index is 2.26.